The molecule has 0 fully saturated rings. The van der Waals surface area contributed by atoms with Crippen LogP contribution in [0.5, 0.6) is 0 Å². The van der Waals surface area contributed by atoms with Gasteiger partial charge in [0.25, 0.3) is 0 Å². The van der Waals surface area contributed by atoms with Crippen LogP contribution in [0.15, 0.2) is 6.20 Å². The van der Waals surface area contributed by atoms with E-state index in [1.807, 2.05) is 0 Å². The summed E-state index contributed by atoms with van der Waals surface area (Å²) in [6.07, 6.45) is 1.40. The molecule has 1 aromatic rings. The summed E-state index contributed by atoms with van der Waals surface area (Å²) in [6.45, 7) is 4.96. The van der Waals surface area contributed by atoms with Crippen molar-refractivity contribution in [2.24, 2.45) is 5.92 Å². The molecule has 0 unspecified atom stereocenters. The number of nitrogens with zero attached hydrogens (tertiary/aromatic N) is 2. The number of aromatic nitrogens is 2. The first kappa shape index (κ1) is 13.4. The quantitative estimate of drug-likeness (QED) is 0.833. The van der Waals surface area contributed by atoms with Crippen LogP contribution in [0.25, 0.3) is 0 Å². The number of hydrogen-bond donors (Lipinski definition) is 2. The summed E-state index contributed by atoms with van der Waals surface area (Å²) in [5, 5.41) is 6.79. The predicted octanol–water partition coefficient (Wildman–Crippen LogP) is 2.73. The molecule has 7 heteroatoms. The van der Waals surface area contributed by atoms with E-state index in [-0.39, 0.29) is 10.3 Å². The molecule has 0 bridgehead atoms. The van der Waals surface area contributed by atoms with Crippen LogP contribution in [0.3, 0.4) is 0 Å². The summed E-state index contributed by atoms with van der Waals surface area (Å²) in [6, 6.07) is 0. The van der Waals surface area contributed by atoms with Gasteiger partial charge in [0.2, 0.25) is 0 Å². The van der Waals surface area contributed by atoms with E-state index in [1.54, 1.807) is 0 Å². The summed E-state index contributed by atoms with van der Waals surface area (Å²) in [5.41, 5.74) is 0. The second-order valence-corrected chi connectivity index (χ2v) is 4.71. The third-order valence-electron chi connectivity index (χ3n) is 1.60. The highest BCUT2D eigenvalue weighted by Crippen LogP contribution is 2.17. The second-order valence-electron chi connectivity index (χ2n) is 3.56. The molecule has 1 aromatic heterocycles. The van der Waals surface area contributed by atoms with Crippen molar-refractivity contribution in [2.75, 3.05) is 11.9 Å². The number of hydrogen-bond acceptors (Lipinski definition) is 3. The third-order valence-corrected chi connectivity index (χ3v) is 2.30. The van der Waals surface area contributed by atoms with E-state index in [1.165, 1.54) is 6.20 Å². The van der Waals surface area contributed by atoms with Crippen molar-refractivity contribution in [2.45, 2.75) is 13.8 Å². The molecule has 0 aromatic carbocycles. The van der Waals surface area contributed by atoms with Crippen molar-refractivity contribution in [3.63, 3.8) is 0 Å². The molecule has 2 N–H and O–H groups in total. The Balaban J connectivity index is 2.56. The lowest BCUT2D eigenvalue weighted by Crippen LogP contribution is -2.31. The minimum absolute atomic E-state index is 0.196. The van der Waals surface area contributed by atoms with E-state index in [0.717, 1.165) is 6.54 Å². The molecular formula is C9H12Cl2N4S. The van der Waals surface area contributed by atoms with Gasteiger partial charge in [-0.3, -0.25) is 0 Å². The molecule has 1 rings (SSSR count). The molecule has 4 nitrogen and oxygen atoms in total. The van der Waals surface area contributed by atoms with Gasteiger partial charge in [0, 0.05) is 6.54 Å². The Bertz CT molecular complexity index is 384. The van der Waals surface area contributed by atoms with Gasteiger partial charge in [0.1, 0.15) is 5.15 Å². The van der Waals surface area contributed by atoms with Gasteiger partial charge in [0.15, 0.2) is 16.1 Å². The van der Waals surface area contributed by atoms with Crippen LogP contribution in [0, 0.1) is 5.92 Å². The highest BCUT2D eigenvalue weighted by atomic mass is 35.5. The van der Waals surface area contributed by atoms with Crippen LogP contribution >= 0.6 is 35.4 Å². The van der Waals surface area contributed by atoms with Gasteiger partial charge in [0.05, 0.1) is 6.20 Å². The third kappa shape index (κ3) is 4.47. The molecule has 0 radical (unpaired) electrons. The fraction of sp³-hybridized carbons (Fsp3) is 0.444. The molecule has 0 aliphatic heterocycles. The van der Waals surface area contributed by atoms with Gasteiger partial charge in [-0.15, -0.1) is 0 Å². The molecule has 0 amide bonds. The van der Waals surface area contributed by atoms with Crippen LogP contribution in [0.1, 0.15) is 13.8 Å². The van der Waals surface area contributed by atoms with Crippen LogP contribution in [-0.2, 0) is 0 Å². The second kappa shape index (κ2) is 6.18. The normalized spacial score (nSPS) is 10.3. The summed E-state index contributed by atoms with van der Waals surface area (Å²) in [4.78, 5) is 7.82. The Hall–Kier alpha value is -0.650. The van der Waals surface area contributed by atoms with Crippen molar-refractivity contribution in [1.82, 2.24) is 15.3 Å². The molecular weight excluding hydrogens is 267 g/mol. The molecule has 1 heterocycles. The molecule has 16 heavy (non-hydrogen) atoms. The number of halogens is 2. The number of thiocarbonyl (C=S) groups is 1. The first-order valence-electron chi connectivity index (χ1n) is 4.72. The van der Waals surface area contributed by atoms with Crippen molar-refractivity contribution < 1.29 is 0 Å². The Labute approximate surface area is 110 Å². The fourth-order valence-corrected chi connectivity index (χ4v) is 1.42. The van der Waals surface area contributed by atoms with Crippen molar-refractivity contribution in [1.29, 1.82) is 0 Å². The lowest BCUT2D eigenvalue weighted by Gasteiger charge is -2.11. The van der Waals surface area contributed by atoms with Crippen molar-refractivity contribution >= 4 is 46.4 Å². The van der Waals surface area contributed by atoms with E-state index in [2.05, 4.69) is 34.4 Å². The molecule has 0 atom stereocenters. The van der Waals surface area contributed by atoms with Crippen molar-refractivity contribution in [3.8, 4) is 0 Å². The Morgan fingerprint density at radius 1 is 1.50 bits per heavy atom. The predicted molar refractivity (Wildman–Crippen MR) is 71.1 cm³/mol. The van der Waals surface area contributed by atoms with Crippen LogP contribution in [0.2, 0.25) is 10.3 Å². The Morgan fingerprint density at radius 3 is 2.75 bits per heavy atom. The first-order chi connectivity index (χ1) is 7.49. The van der Waals surface area contributed by atoms with Crippen LogP contribution in [-0.4, -0.2) is 21.6 Å². The largest absolute Gasteiger partial charge is 0.362 e. The summed E-state index contributed by atoms with van der Waals surface area (Å²) in [5.74, 6) is 0.902. The summed E-state index contributed by atoms with van der Waals surface area (Å²) < 4.78 is 0. The van der Waals surface area contributed by atoms with Gasteiger partial charge in [-0.05, 0) is 18.1 Å². The molecule has 88 valence electrons. The smallest absolute Gasteiger partial charge is 0.173 e. The fourth-order valence-electron chi connectivity index (χ4n) is 0.879. The molecule has 0 spiro atoms. The minimum Gasteiger partial charge on any atom is -0.362 e. The monoisotopic (exact) mass is 278 g/mol. The van der Waals surface area contributed by atoms with Gasteiger partial charge < -0.3 is 10.6 Å². The lowest BCUT2D eigenvalue weighted by molar-refractivity contribution is 0.627. The Morgan fingerprint density at radius 2 is 2.19 bits per heavy atom. The van der Waals surface area contributed by atoms with E-state index in [0.29, 0.717) is 16.8 Å². The maximum atomic E-state index is 5.83. The average molecular weight is 279 g/mol. The summed E-state index contributed by atoms with van der Waals surface area (Å²) in [7, 11) is 0. The zero-order valence-electron chi connectivity index (χ0n) is 8.92. The number of anilines is 1. The van der Waals surface area contributed by atoms with Gasteiger partial charge in [-0.25, -0.2) is 9.97 Å². The van der Waals surface area contributed by atoms with Gasteiger partial charge in [-0.1, -0.05) is 37.0 Å². The Kier molecular flexibility index (Phi) is 5.18. The van der Waals surface area contributed by atoms with Crippen molar-refractivity contribution in [3.05, 3.63) is 16.5 Å². The number of nitrogens with one attached hydrogen (secondary N) is 2. The van der Waals surface area contributed by atoms with Crippen LogP contribution < -0.4 is 10.6 Å². The molecule has 0 saturated carbocycles. The van der Waals surface area contributed by atoms with E-state index in [9.17, 15) is 0 Å². The average Bonchev–Trinajstić information content (AvgIpc) is 2.19. The van der Waals surface area contributed by atoms with E-state index < -0.39 is 0 Å². The maximum Gasteiger partial charge on any atom is 0.173 e. The topological polar surface area (TPSA) is 49.8 Å². The van der Waals surface area contributed by atoms with Crippen LogP contribution in [0.4, 0.5) is 5.82 Å². The zero-order valence-corrected chi connectivity index (χ0v) is 11.2. The van der Waals surface area contributed by atoms with Gasteiger partial charge in [-0.2, -0.15) is 0 Å². The highest BCUT2D eigenvalue weighted by Gasteiger charge is 2.06. The van der Waals surface area contributed by atoms with E-state index in [4.69, 9.17) is 35.4 Å². The lowest BCUT2D eigenvalue weighted by atomic mass is 10.2. The summed E-state index contributed by atoms with van der Waals surface area (Å²) >= 11 is 16.5. The standard InChI is InChI=1S/C9H12Cl2N4S/c1-5(2)3-13-9(16)15-8-7(11)14-6(10)4-12-8/h4-5H,3H2,1-2H3,(H2,12,13,15,16). The molecule has 0 aliphatic rings. The molecule has 0 saturated heterocycles. The van der Waals surface area contributed by atoms with E-state index >= 15 is 0 Å². The number of rotatable bonds is 3. The highest BCUT2D eigenvalue weighted by molar-refractivity contribution is 7.80. The SMILES string of the molecule is CC(C)CNC(=S)Nc1ncc(Cl)nc1Cl. The zero-order chi connectivity index (χ0) is 12.1. The van der Waals surface area contributed by atoms with Gasteiger partial charge >= 0.3 is 0 Å². The maximum absolute atomic E-state index is 5.83. The molecule has 0 aliphatic carbocycles. The first-order valence-corrected chi connectivity index (χ1v) is 5.88. The minimum atomic E-state index is 0.196.